The van der Waals surface area contributed by atoms with Gasteiger partial charge in [-0.3, -0.25) is 4.79 Å². The fourth-order valence-electron chi connectivity index (χ4n) is 1.19. The van der Waals surface area contributed by atoms with Gasteiger partial charge in [-0.1, -0.05) is 12.1 Å². The molecule has 1 amide bonds. The lowest BCUT2D eigenvalue weighted by Crippen LogP contribution is -2.22. The molecule has 5 nitrogen and oxygen atoms in total. The molecule has 17 heavy (non-hydrogen) atoms. The Bertz CT molecular complexity index is 483. The Morgan fingerprint density at radius 1 is 1.29 bits per heavy atom. The molecule has 0 aliphatic heterocycles. The molecule has 0 heterocycles. The average molecular weight is 274 g/mol. The zero-order valence-corrected chi connectivity index (χ0v) is 10.8. The second-order valence-corrected chi connectivity index (χ2v) is 5.45. The van der Waals surface area contributed by atoms with E-state index in [4.69, 9.17) is 5.14 Å². The van der Waals surface area contributed by atoms with Crippen molar-refractivity contribution in [2.24, 2.45) is 5.14 Å². The summed E-state index contributed by atoms with van der Waals surface area (Å²) < 4.78 is 22.0. The van der Waals surface area contributed by atoms with Gasteiger partial charge in [-0.05, 0) is 23.4 Å². The van der Waals surface area contributed by atoms with Crippen LogP contribution in [0, 0.1) is 0 Å². The molecule has 0 saturated carbocycles. The van der Waals surface area contributed by atoms with Crippen LogP contribution in [0.5, 0.6) is 0 Å². The number of hydrogen-bond acceptors (Lipinski definition) is 4. The van der Waals surface area contributed by atoms with Crippen molar-refractivity contribution in [1.82, 2.24) is 5.32 Å². The molecule has 0 aliphatic rings. The highest BCUT2D eigenvalue weighted by molar-refractivity contribution is 7.89. The number of primary sulfonamides is 1. The normalized spacial score (nSPS) is 11.2. The Kier molecular flexibility index (Phi) is 4.98. The first-order valence-electron chi connectivity index (χ1n) is 4.93. The van der Waals surface area contributed by atoms with Crippen LogP contribution in [0.1, 0.15) is 12.0 Å². The summed E-state index contributed by atoms with van der Waals surface area (Å²) in [4.78, 5) is 11.2. The number of benzene rings is 1. The minimum Gasteiger partial charge on any atom is -0.352 e. The van der Waals surface area contributed by atoms with Crippen LogP contribution in [0.2, 0.25) is 0 Å². The van der Waals surface area contributed by atoms with Gasteiger partial charge in [0.15, 0.2) is 0 Å². The lowest BCUT2D eigenvalue weighted by Gasteiger charge is -2.05. The number of thiol groups is 1. The van der Waals surface area contributed by atoms with E-state index in [1.54, 1.807) is 12.1 Å². The molecule has 1 rings (SSSR count). The fourth-order valence-corrected chi connectivity index (χ4v) is 1.91. The van der Waals surface area contributed by atoms with Gasteiger partial charge in [0.2, 0.25) is 15.9 Å². The van der Waals surface area contributed by atoms with Crippen molar-refractivity contribution in [3.05, 3.63) is 29.8 Å². The van der Waals surface area contributed by atoms with Crippen molar-refractivity contribution in [2.75, 3.05) is 5.75 Å². The van der Waals surface area contributed by atoms with E-state index in [0.717, 1.165) is 5.56 Å². The molecule has 1 aromatic carbocycles. The minimum absolute atomic E-state index is 0.0583. The summed E-state index contributed by atoms with van der Waals surface area (Å²) in [5.74, 6) is 0.409. The SMILES string of the molecule is NS(=O)(=O)c1ccc(CNC(=O)CCS)cc1. The summed E-state index contributed by atoms with van der Waals surface area (Å²) in [7, 11) is -3.66. The third-order valence-corrected chi connectivity index (χ3v) is 3.23. The Morgan fingerprint density at radius 3 is 2.35 bits per heavy atom. The van der Waals surface area contributed by atoms with Gasteiger partial charge in [-0.2, -0.15) is 12.6 Å². The van der Waals surface area contributed by atoms with E-state index in [2.05, 4.69) is 17.9 Å². The van der Waals surface area contributed by atoms with Gasteiger partial charge in [0.25, 0.3) is 0 Å². The predicted molar refractivity (Wildman–Crippen MR) is 68.1 cm³/mol. The van der Waals surface area contributed by atoms with E-state index >= 15 is 0 Å². The average Bonchev–Trinajstić information content (AvgIpc) is 2.26. The van der Waals surface area contributed by atoms with Gasteiger partial charge in [0, 0.05) is 13.0 Å². The molecule has 0 atom stereocenters. The Morgan fingerprint density at radius 2 is 1.88 bits per heavy atom. The van der Waals surface area contributed by atoms with E-state index in [1.807, 2.05) is 0 Å². The zero-order chi connectivity index (χ0) is 12.9. The highest BCUT2D eigenvalue weighted by Gasteiger charge is 2.06. The number of amides is 1. The zero-order valence-electron chi connectivity index (χ0n) is 9.09. The number of carbonyl (C=O) groups is 1. The van der Waals surface area contributed by atoms with Gasteiger partial charge >= 0.3 is 0 Å². The smallest absolute Gasteiger partial charge is 0.238 e. The molecule has 0 aliphatic carbocycles. The first-order chi connectivity index (χ1) is 7.93. The number of nitrogens with one attached hydrogen (secondary N) is 1. The Hall–Kier alpha value is -1.05. The molecule has 0 saturated heterocycles. The van der Waals surface area contributed by atoms with Crippen molar-refractivity contribution in [2.45, 2.75) is 17.9 Å². The van der Waals surface area contributed by atoms with Crippen molar-refractivity contribution in [3.8, 4) is 0 Å². The molecule has 3 N–H and O–H groups in total. The molecular formula is C10H14N2O3S2. The van der Waals surface area contributed by atoms with E-state index in [1.165, 1.54) is 12.1 Å². The quantitative estimate of drug-likeness (QED) is 0.673. The summed E-state index contributed by atoms with van der Waals surface area (Å²) in [6.45, 7) is 0.359. The van der Waals surface area contributed by atoms with Crippen LogP contribution >= 0.6 is 12.6 Å². The number of rotatable bonds is 5. The second kappa shape index (κ2) is 6.04. The third kappa shape index (κ3) is 4.76. The molecule has 0 bridgehead atoms. The van der Waals surface area contributed by atoms with Gasteiger partial charge in [-0.15, -0.1) is 0 Å². The first kappa shape index (κ1) is 14.0. The molecule has 0 fully saturated rings. The highest BCUT2D eigenvalue weighted by Crippen LogP contribution is 2.08. The topological polar surface area (TPSA) is 89.3 Å². The maximum Gasteiger partial charge on any atom is 0.238 e. The van der Waals surface area contributed by atoms with Gasteiger partial charge < -0.3 is 5.32 Å². The lowest BCUT2D eigenvalue weighted by molar-refractivity contribution is -0.120. The second-order valence-electron chi connectivity index (χ2n) is 3.44. The van der Waals surface area contributed by atoms with Crippen LogP contribution in [-0.4, -0.2) is 20.1 Å². The van der Waals surface area contributed by atoms with Crippen molar-refractivity contribution in [1.29, 1.82) is 0 Å². The largest absolute Gasteiger partial charge is 0.352 e. The molecule has 7 heteroatoms. The van der Waals surface area contributed by atoms with Gasteiger partial charge in [-0.25, -0.2) is 13.6 Å². The summed E-state index contributed by atoms with van der Waals surface area (Å²) in [6, 6.07) is 6.05. The van der Waals surface area contributed by atoms with Crippen LogP contribution in [0.15, 0.2) is 29.2 Å². The summed E-state index contributed by atoms with van der Waals surface area (Å²) in [5, 5.41) is 7.65. The predicted octanol–water partition coefficient (Wildman–Crippen LogP) is 0.270. The number of carbonyl (C=O) groups excluding carboxylic acids is 1. The van der Waals surface area contributed by atoms with E-state index in [9.17, 15) is 13.2 Å². The Labute approximate surface area is 106 Å². The molecular weight excluding hydrogens is 260 g/mol. The van der Waals surface area contributed by atoms with Crippen molar-refractivity contribution >= 4 is 28.6 Å². The van der Waals surface area contributed by atoms with Crippen LogP contribution in [0.4, 0.5) is 0 Å². The van der Waals surface area contributed by atoms with E-state index in [-0.39, 0.29) is 10.8 Å². The van der Waals surface area contributed by atoms with Crippen molar-refractivity contribution < 1.29 is 13.2 Å². The number of sulfonamides is 1. The number of hydrogen-bond donors (Lipinski definition) is 3. The van der Waals surface area contributed by atoms with Crippen LogP contribution in [0.3, 0.4) is 0 Å². The molecule has 0 radical (unpaired) electrons. The molecule has 1 aromatic rings. The van der Waals surface area contributed by atoms with Crippen LogP contribution in [0.25, 0.3) is 0 Å². The lowest BCUT2D eigenvalue weighted by atomic mass is 10.2. The van der Waals surface area contributed by atoms with Crippen molar-refractivity contribution in [3.63, 3.8) is 0 Å². The molecule has 0 aromatic heterocycles. The molecule has 0 spiro atoms. The Balaban J connectivity index is 2.60. The molecule has 94 valence electrons. The monoisotopic (exact) mass is 274 g/mol. The summed E-state index contributed by atoms with van der Waals surface area (Å²) >= 11 is 3.94. The summed E-state index contributed by atoms with van der Waals surface area (Å²) in [5.41, 5.74) is 0.810. The van der Waals surface area contributed by atoms with Crippen LogP contribution < -0.4 is 10.5 Å². The maximum absolute atomic E-state index is 11.2. The first-order valence-corrected chi connectivity index (χ1v) is 7.10. The minimum atomic E-state index is -3.66. The summed E-state index contributed by atoms with van der Waals surface area (Å²) in [6.07, 6.45) is 0.359. The van der Waals surface area contributed by atoms with Gasteiger partial charge in [0.1, 0.15) is 0 Å². The highest BCUT2D eigenvalue weighted by atomic mass is 32.2. The van der Waals surface area contributed by atoms with Gasteiger partial charge in [0.05, 0.1) is 4.90 Å². The van der Waals surface area contributed by atoms with E-state index < -0.39 is 10.0 Å². The fraction of sp³-hybridized carbons (Fsp3) is 0.300. The standard InChI is InChI=1S/C10H14N2O3S2/c11-17(14,15)9-3-1-8(2-4-9)7-12-10(13)5-6-16/h1-4,16H,5-7H2,(H,12,13)(H2,11,14,15). The maximum atomic E-state index is 11.2. The third-order valence-electron chi connectivity index (χ3n) is 2.08. The number of nitrogens with two attached hydrogens (primary N) is 1. The van der Waals surface area contributed by atoms with Crippen LogP contribution in [-0.2, 0) is 21.4 Å². The van der Waals surface area contributed by atoms with E-state index in [0.29, 0.717) is 18.7 Å². The molecule has 0 unspecified atom stereocenters.